The smallest absolute Gasteiger partial charge is 0.312 e. The lowest BCUT2D eigenvalue weighted by Gasteiger charge is -2.36. The van der Waals surface area contributed by atoms with Gasteiger partial charge in [0.05, 0.1) is 22.1 Å². The van der Waals surface area contributed by atoms with Gasteiger partial charge in [0.25, 0.3) is 0 Å². The first-order chi connectivity index (χ1) is 9.06. The Labute approximate surface area is 116 Å². The zero-order chi connectivity index (χ0) is 13.9. The Morgan fingerprint density at radius 2 is 2.16 bits per heavy atom. The number of pyridine rings is 1. The summed E-state index contributed by atoms with van der Waals surface area (Å²) in [5, 5.41) is 23.9. The van der Waals surface area contributed by atoms with E-state index in [2.05, 4.69) is 10.3 Å². The maximum atomic E-state index is 11.0. The lowest BCUT2D eigenvalue weighted by molar-refractivity contribution is -0.384. The molecule has 0 radical (unpaired) electrons. The number of rotatable bonds is 4. The monoisotopic (exact) mass is 285 g/mol. The Bertz CT molecular complexity index is 475. The zero-order valence-electron chi connectivity index (χ0n) is 10.4. The predicted octanol–water partition coefficient (Wildman–Crippen LogP) is 2.75. The van der Waals surface area contributed by atoms with Crippen molar-refractivity contribution in [1.29, 1.82) is 0 Å². The number of aliphatic hydroxyl groups excluding tert-OH is 1. The van der Waals surface area contributed by atoms with Crippen molar-refractivity contribution in [2.45, 2.75) is 37.6 Å². The van der Waals surface area contributed by atoms with Crippen LogP contribution in [0.4, 0.5) is 11.5 Å². The SMILES string of the molecule is O=[N+]([O-])c1cc(Cl)cnc1NC1(CO)CCCCC1. The van der Waals surface area contributed by atoms with Gasteiger partial charge < -0.3 is 10.4 Å². The van der Waals surface area contributed by atoms with Gasteiger partial charge in [0.2, 0.25) is 5.82 Å². The first-order valence-corrected chi connectivity index (χ1v) is 6.63. The fraction of sp³-hybridized carbons (Fsp3) is 0.583. The second-order valence-corrected chi connectivity index (χ2v) is 5.34. The molecule has 0 bridgehead atoms. The minimum atomic E-state index is -0.519. The van der Waals surface area contributed by atoms with Crippen molar-refractivity contribution < 1.29 is 10.0 Å². The van der Waals surface area contributed by atoms with Crippen LogP contribution in [-0.2, 0) is 0 Å². The van der Waals surface area contributed by atoms with Crippen molar-refractivity contribution in [1.82, 2.24) is 4.98 Å². The molecule has 0 atom stereocenters. The van der Waals surface area contributed by atoms with Crippen molar-refractivity contribution in [2.24, 2.45) is 0 Å². The van der Waals surface area contributed by atoms with Crippen LogP contribution in [0.5, 0.6) is 0 Å². The molecule has 1 heterocycles. The lowest BCUT2D eigenvalue weighted by Crippen LogP contribution is -2.44. The molecule has 6 nitrogen and oxygen atoms in total. The van der Waals surface area contributed by atoms with Crippen molar-refractivity contribution in [3.63, 3.8) is 0 Å². The molecular formula is C12H16ClN3O3. The molecule has 7 heteroatoms. The molecule has 1 aromatic heterocycles. The van der Waals surface area contributed by atoms with Gasteiger partial charge in [0, 0.05) is 12.3 Å². The average molecular weight is 286 g/mol. The van der Waals surface area contributed by atoms with E-state index in [1.54, 1.807) is 0 Å². The maximum Gasteiger partial charge on any atom is 0.312 e. The second kappa shape index (κ2) is 5.71. The fourth-order valence-electron chi connectivity index (χ4n) is 2.47. The van der Waals surface area contributed by atoms with Gasteiger partial charge in [0.1, 0.15) is 0 Å². The number of halogens is 1. The molecule has 1 fully saturated rings. The number of aliphatic hydroxyl groups is 1. The summed E-state index contributed by atoms with van der Waals surface area (Å²) in [7, 11) is 0. The molecule has 2 rings (SSSR count). The molecule has 0 spiro atoms. The Kier molecular flexibility index (Phi) is 4.21. The van der Waals surface area contributed by atoms with E-state index in [4.69, 9.17) is 11.6 Å². The fourth-order valence-corrected chi connectivity index (χ4v) is 2.62. The Morgan fingerprint density at radius 1 is 1.47 bits per heavy atom. The van der Waals surface area contributed by atoms with Crippen molar-refractivity contribution in [3.05, 3.63) is 27.4 Å². The van der Waals surface area contributed by atoms with E-state index in [0.29, 0.717) is 0 Å². The Hall–Kier alpha value is -1.40. The van der Waals surface area contributed by atoms with Crippen LogP contribution in [-0.4, -0.2) is 27.2 Å². The highest BCUT2D eigenvalue weighted by molar-refractivity contribution is 6.30. The van der Waals surface area contributed by atoms with E-state index in [9.17, 15) is 15.2 Å². The number of hydrogen-bond donors (Lipinski definition) is 2. The van der Waals surface area contributed by atoms with Crippen LogP contribution in [0.25, 0.3) is 0 Å². The summed E-state index contributed by atoms with van der Waals surface area (Å²) in [5.74, 6) is 0.172. The third kappa shape index (κ3) is 3.13. The number of nitrogens with one attached hydrogen (secondary N) is 1. The molecule has 1 saturated carbocycles. The van der Waals surface area contributed by atoms with Crippen LogP contribution in [0.3, 0.4) is 0 Å². The highest BCUT2D eigenvalue weighted by atomic mass is 35.5. The predicted molar refractivity (Wildman–Crippen MR) is 72.4 cm³/mol. The van der Waals surface area contributed by atoms with Gasteiger partial charge in [-0.2, -0.15) is 0 Å². The van der Waals surface area contributed by atoms with Gasteiger partial charge in [-0.05, 0) is 12.8 Å². The van der Waals surface area contributed by atoms with Gasteiger partial charge >= 0.3 is 5.69 Å². The molecule has 0 amide bonds. The lowest BCUT2D eigenvalue weighted by atomic mass is 9.82. The molecule has 19 heavy (non-hydrogen) atoms. The molecule has 1 aliphatic rings. The molecule has 1 aromatic rings. The van der Waals surface area contributed by atoms with Crippen molar-refractivity contribution in [2.75, 3.05) is 11.9 Å². The largest absolute Gasteiger partial charge is 0.394 e. The summed E-state index contributed by atoms with van der Waals surface area (Å²) < 4.78 is 0. The minimum absolute atomic E-state index is 0.0611. The molecule has 1 aliphatic carbocycles. The molecule has 0 aromatic carbocycles. The summed E-state index contributed by atoms with van der Waals surface area (Å²) in [5.41, 5.74) is -0.671. The summed E-state index contributed by atoms with van der Waals surface area (Å²) in [6, 6.07) is 1.27. The van der Waals surface area contributed by atoms with E-state index >= 15 is 0 Å². The van der Waals surface area contributed by atoms with Gasteiger partial charge in [0.15, 0.2) is 0 Å². The molecule has 0 aliphatic heterocycles. The summed E-state index contributed by atoms with van der Waals surface area (Å²) in [6.07, 6.45) is 6.05. The third-order valence-corrected chi connectivity index (χ3v) is 3.73. The number of anilines is 1. The quantitative estimate of drug-likeness (QED) is 0.656. The first-order valence-electron chi connectivity index (χ1n) is 6.25. The van der Waals surface area contributed by atoms with Crippen LogP contribution >= 0.6 is 11.6 Å². The highest BCUT2D eigenvalue weighted by Gasteiger charge is 2.33. The van der Waals surface area contributed by atoms with Gasteiger partial charge in [-0.3, -0.25) is 10.1 Å². The van der Waals surface area contributed by atoms with Crippen molar-refractivity contribution >= 4 is 23.1 Å². The molecule has 104 valence electrons. The molecule has 2 N–H and O–H groups in total. The van der Waals surface area contributed by atoms with Crippen LogP contribution in [0, 0.1) is 10.1 Å². The van der Waals surface area contributed by atoms with Crippen LogP contribution in [0.1, 0.15) is 32.1 Å². The van der Waals surface area contributed by atoms with Crippen LogP contribution < -0.4 is 5.32 Å². The molecule has 0 unspecified atom stereocenters. The standard InChI is InChI=1S/C12H16ClN3O3/c13-9-6-10(16(18)19)11(14-7-9)15-12(8-17)4-2-1-3-5-12/h6-7,17H,1-5,8H2,(H,14,15). The summed E-state index contributed by atoms with van der Waals surface area (Å²) in [4.78, 5) is 14.5. The normalized spacial score (nSPS) is 18.0. The van der Waals surface area contributed by atoms with E-state index in [1.807, 2.05) is 0 Å². The highest BCUT2D eigenvalue weighted by Crippen LogP contribution is 2.34. The molecular weight excluding hydrogens is 270 g/mol. The Morgan fingerprint density at radius 3 is 2.74 bits per heavy atom. The number of nitrogens with zero attached hydrogens (tertiary/aromatic N) is 2. The topological polar surface area (TPSA) is 88.3 Å². The summed E-state index contributed by atoms with van der Waals surface area (Å²) >= 11 is 5.73. The van der Waals surface area contributed by atoms with Crippen LogP contribution in [0.2, 0.25) is 5.02 Å². The van der Waals surface area contributed by atoms with Gasteiger partial charge in [-0.25, -0.2) is 4.98 Å². The number of hydrogen-bond acceptors (Lipinski definition) is 5. The maximum absolute atomic E-state index is 11.0. The first kappa shape index (κ1) is 14.0. The molecule has 0 saturated heterocycles. The second-order valence-electron chi connectivity index (χ2n) is 4.90. The Balaban J connectivity index is 2.28. The van der Waals surface area contributed by atoms with Crippen molar-refractivity contribution in [3.8, 4) is 0 Å². The van der Waals surface area contributed by atoms with Gasteiger partial charge in [-0.15, -0.1) is 0 Å². The zero-order valence-corrected chi connectivity index (χ0v) is 11.2. The third-order valence-electron chi connectivity index (χ3n) is 3.53. The van der Waals surface area contributed by atoms with Crippen LogP contribution in [0.15, 0.2) is 12.3 Å². The number of nitro groups is 1. The summed E-state index contributed by atoms with van der Waals surface area (Å²) in [6.45, 7) is -0.0611. The van der Waals surface area contributed by atoms with E-state index in [-0.39, 0.29) is 23.1 Å². The van der Waals surface area contributed by atoms with E-state index in [0.717, 1.165) is 32.1 Å². The number of aromatic nitrogens is 1. The van der Waals surface area contributed by atoms with E-state index in [1.165, 1.54) is 12.3 Å². The van der Waals surface area contributed by atoms with Gasteiger partial charge in [-0.1, -0.05) is 30.9 Å². The van der Waals surface area contributed by atoms with E-state index < -0.39 is 10.5 Å². The minimum Gasteiger partial charge on any atom is -0.394 e. The average Bonchev–Trinajstić information content (AvgIpc) is 2.42.